The largest absolute Gasteiger partial charge is 0.467 e. The van der Waals surface area contributed by atoms with Crippen LogP contribution in [0.3, 0.4) is 0 Å². The summed E-state index contributed by atoms with van der Waals surface area (Å²) in [4.78, 5) is 27.9. The number of ether oxygens (including phenoxy) is 1. The summed E-state index contributed by atoms with van der Waals surface area (Å²) in [5, 5.41) is 10.8. The van der Waals surface area contributed by atoms with Crippen molar-refractivity contribution in [2.75, 3.05) is 18.6 Å². The van der Waals surface area contributed by atoms with Crippen LogP contribution in [0.4, 0.5) is 11.5 Å². The minimum absolute atomic E-state index is 0.0161. The fourth-order valence-corrected chi connectivity index (χ4v) is 2.30. The van der Waals surface area contributed by atoms with Gasteiger partial charge in [0.05, 0.1) is 12.0 Å². The van der Waals surface area contributed by atoms with E-state index in [9.17, 15) is 14.9 Å². The summed E-state index contributed by atoms with van der Waals surface area (Å²) in [6, 6.07) is 1.29. The van der Waals surface area contributed by atoms with Crippen molar-refractivity contribution < 1.29 is 14.5 Å². The Hall–Kier alpha value is -2.18. The van der Waals surface area contributed by atoms with Gasteiger partial charge in [-0.05, 0) is 25.8 Å². The summed E-state index contributed by atoms with van der Waals surface area (Å²) < 4.78 is 4.76. The zero-order chi connectivity index (χ0) is 14.0. The number of hydrogen-bond donors (Lipinski definition) is 0. The Morgan fingerprint density at radius 3 is 2.95 bits per heavy atom. The molecular formula is C12H15N3O4. The molecule has 0 radical (unpaired) electrons. The van der Waals surface area contributed by atoms with Crippen LogP contribution < -0.4 is 4.90 Å². The fourth-order valence-electron chi connectivity index (χ4n) is 2.30. The molecule has 0 N–H and O–H groups in total. The molecule has 0 aliphatic carbocycles. The van der Waals surface area contributed by atoms with Crippen molar-refractivity contribution in [3.05, 3.63) is 27.9 Å². The number of aromatic nitrogens is 1. The van der Waals surface area contributed by atoms with E-state index in [4.69, 9.17) is 4.74 Å². The highest BCUT2D eigenvalue weighted by Crippen LogP contribution is 2.27. The van der Waals surface area contributed by atoms with E-state index in [2.05, 4.69) is 4.98 Å². The first kappa shape index (κ1) is 13.3. The maximum atomic E-state index is 11.7. The van der Waals surface area contributed by atoms with Gasteiger partial charge in [0.1, 0.15) is 18.1 Å². The van der Waals surface area contributed by atoms with Crippen LogP contribution in [0, 0.1) is 17.0 Å². The van der Waals surface area contributed by atoms with E-state index >= 15 is 0 Å². The SMILES string of the molecule is COC(=O)C1CCCN1c1cc(C)c([N+](=O)[O-])cn1. The summed E-state index contributed by atoms with van der Waals surface area (Å²) in [6.45, 7) is 2.36. The van der Waals surface area contributed by atoms with Crippen LogP contribution in [0.2, 0.25) is 0 Å². The Balaban J connectivity index is 2.29. The Kier molecular flexibility index (Phi) is 3.64. The van der Waals surface area contributed by atoms with E-state index in [1.54, 1.807) is 13.0 Å². The molecule has 19 heavy (non-hydrogen) atoms. The van der Waals surface area contributed by atoms with Gasteiger partial charge in [0, 0.05) is 12.1 Å². The Bertz CT molecular complexity index is 518. The van der Waals surface area contributed by atoms with Crippen molar-refractivity contribution in [1.29, 1.82) is 0 Å². The number of rotatable bonds is 3. The molecule has 0 bridgehead atoms. The van der Waals surface area contributed by atoms with Crippen LogP contribution in [-0.4, -0.2) is 35.6 Å². The van der Waals surface area contributed by atoms with Gasteiger partial charge in [0.2, 0.25) is 0 Å². The normalized spacial score (nSPS) is 18.4. The first-order valence-electron chi connectivity index (χ1n) is 6.00. The third-order valence-corrected chi connectivity index (χ3v) is 3.29. The number of aryl methyl sites for hydroxylation is 1. The second kappa shape index (κ2) is 5.21. The van der Waals surface area contributed by atoms with Gasteiger partial charge in [-0.1, -0.05) is 0 Å². The topological polar surface area (TPSA) is 85.6 Å². The minimum atomic E-state index is -0.464. The van der Waals surface area contributed by atoms with Gasteiger partial charge in [-0.3, -0.25) is 10.1 Å². The quantitative estimate of drug-likeness (QED) is 0.467. The first-order chi connectivity index (χ1) is 9.04. The van der Waals surface area contributed by atoms with Gasteiger partial charge in [-0.25, -0.2) is 9.78 Å². The van der Waals surface area contributed by atoms with Crippen LogP contribution in [0.1, 0.15) is 18.4 Å². The summed E-state index contributed by atoms with van der Waals surface area (Å²) in [5.74, 6) is 0.284. The average molecular weight is 265 g/mol. The molecule has 1 unspecified atom stereocenters. The fraction of sp³-hybridized carbons (Fsp3) is 0.500. The van der Waals surface area contributed by atoms with Crippen molar-refractivity contribution in [2.24, 2.45) is 0 Å². The van der Waals surface area contributed by atoms with E-state index in [1.807, 2.05) is 4.90 Å². The molecule has 1 aliphatic heterocycles. The number of methoxy groups -OCH3 is 1. The molecule has 0 spiro atoms. The molecule has 0 saturated carbocycles. The number of nitrogens with zero attached hydrogens (tertiary/aromatic N) is 3. The van der Waals surface area contributed by atoms with Crippen LogP contribution in [0.25, 0.3) is 0 Å². The standard InChI is InChI=1S/C12H15N3O4/c1-8-6-11(13-7-10(8)15(17)18)14-5-3-4-9(14)12(16)19-2/h6-7,9H,3-5H2,1-2H3. The molecule has 2 rings (SSSR count). The summed E-state index contributed by atoms with van der Waals surface area (Å²) in [6.07, 6.45) is 2.82. The molecule has 0 amide bonds. The van der Waals surface area contributed by atoms with Gasteiger partial charge in [0.15, 0.2) is 0 Å². The van der Waals surface area contributed by atoms with E-state index in [0.717, 1.165) is 6.42 Å². The Morgan fingerprint density at radius 1 is 1.63 bits per heavy atom. The molecular weight excluding hydrogens is 250 g/mol. The molecule has 1 aromatic rings. The zero-order valence-electron chi connectivity index (χ0n) is 10.8. The number of hydrogen-bond acceptors (Lipinski definition) is 6. The third kappa shape index (κ3) is 2.49. The highest BCUT2D eigenvalue weighted by atomic mass is 16.6. The van der Waals surface area contributed by atoms with E-state index in [1.165, 1.54) is 13.3 Å². The lowest BCUT2D eigenvalue weighted by molar-refractivity contribution is -0.385. The smallest absolute Gasteiger partial charge is 0.328 e. The highest BCUT2D eigenvalue weighted by molar-refractivity contribution is 5.80. The summed E-state index contributed by atoms with van der Waals surface area (Å²) in [5.41, 5.74) is 0.517. The number of carbonyl (C=O) groups is 1. The van der Waals surface area contributed by atoms with Crippen LogP contribution >= 0.6 is 0 Å². The third-order valence-electron chi connectivity index (χ3n) is 3.29. The number of pyridine rings is 1. The molecule has 7 heteroatoms. The van der Waals surface area contributed by atoms with Crippen molar-refractivity contribution >= 4 is 17.5 Å². The molecule has 1 atom stereocenters. The summed E-state index contributed by atoms with van der Waals surface area (Å²) >= 11 is 0. The van der Waals surface area contributed by atoms with Crippen LogP contribution in [-0.2, 0) is 9.53 Å². The van der Waals surface area contributed by atoms with Gasteiger partial charge >= 0.3 is 5.97 Å². The molecule has 2 heterocycles. The predicted molar refractivity (Wildman–Crippen MR) is 68.0 cm³/mol. The van der Waals surface area contributed by atoms with Gasteiger partial charge in [0.25, 0.3) is 5.69 Å². The number of carbonyl (C=O) groups excluding carboxylic acids is 1. The maximum Gasteiger partial charge on any atom is 0.328 e. The molecule has 102 valence electrons. The van der Waals surface area contributed by atoms with Gasteiger partial charge < -0.3 is 9.64 Å². The number of anilines is 1. The summed E-state index contributed by atoms with van der Waals surface area (Å²) in [7, 11) is 1.35. The second-order valence-corrected chi connectivity index (χ2v) is 4.46. The van der Waals surface area contributed by atoms with Crippen LogP contribution in [0.15, 0.2) is 12.3 Å². The lowest BCUT2D eigenvalue weighted by Crippen LogP contribution is -2.37. The van der Waals surface area contributed by atoms with E-state index in [0.29, 0.717) is 24.3 Å². The van der Waals surface area contributed by atoms with Crippen molar-refractivity contribution in [1.82, 2.24) is 4.98 Å². The van der Waals surface area contributed by atoms with Gasteiger partial charge in [-0.15, -0.1) is 0 Å². The molecule has 1 aromatic heterocycles. The average Bonchev–Trinajstić information content (AvgIpc) is 2.86. The highest BCUT2D eigenvalue weighted by Gasteiger charge is 2.32. The van der Waals surface area contributed by atoms with Crippen molar-refractivity contribution in [2.45, 2.75) is 25.8 Å². The van der Waals surface area contributed by atoms with Gasteiger partial charge in [-0.2, -0.15) is 0 Å². The lowest BCUT2D eigenvalue weighted by atomic mass is 10.2. The van der Waals surface area contributed by atoms with Crippen molar-refractivity contribution in [3.63, 3.8) is 0 Å². The van der Waals surface area contributed by atoms with Crippen LogP contribution in [0.5, 0.6) is 0 Å². The number of esters is 1. The minimum Gasteiger partial charge on any atom is -0.467 e. The maximum absolute atomic E-state index is 11.7. The monoisotopic (exact) mass is 265 g/mol. The predicted octanol–water partition coefficient (Wildman–Crippen LogP) is 1.44. The zero-order valence-corrected chi connectivity index (χ0v) is 10.8. The lowest BCUT2D eigenvalue weighted by Gasteiger charge is -2.23. The molecule has 1 saturated heterocycles. The second-order valence-electron chi connectivity index (χ2n) is 4.46. The van der Waals surface area contributed by atoms with E-state index < -0.39 is 4.92 Å². The number of nitro groups is 1. The molecule has 0 aromatic carbocycles. The Morgan fingerprint density at radius 2 is 2.37 bits per heavy atom. The van der Waals surface area contributed by atoms with Crippen molar-refractivity contribution in [3.8, 4) is 0 Å². The molecule has 1 aliphatic rings. The molecule has 1 fully saturated rings. The Labute approximate surface area is 110 Å². The van der Waals surface area contributed by atoms with E-state index in [-0.39, 0.29) is 17.7 Å². The molecule has 7 nitrogen and oxygen atoms in total. The first-order valence-corrected chi connectivity index (χ1v) is 6.00.